The molecule has 7 heteroatoms. The van der Waals surface area contributed by atoms with Crippen molar-refractivity contribution in [2.45, 2.75) is 24.8 Å². The fraction of sp³-hybridized carbons (Fsp3) is 0.364. The maximum Gasteiger partial charge on any atom is 0.243 e. The molecule has 0 atom stereocenters. The van der Waals surface area contributed by atoms with Crippen LogP contribution >= 0.6 is 0 Å². The number of hydrogen-bond donors (Lipinski definition) is 2. The van der Waals surface area contributed by atoms with Gasteiger partial charge in [0.25, 0.3) is 0 Å². The van der Waals surface area contributed by atoms with E-state index in [1.54, 1.807) is 13.8 Å². The number of rotatable bonds is 5. The number of nitrogens with zero attached hydrogens (tertiary/aromatic N) is 1. The topological polar surface area (TPSA) is 87.2 Å². The maximum absolute atomic E-state index is 13.1. The summed E-state index contributed by atoms with van der Waals surface area (Å²) in [5.74, 6) is -0.883. The first-order chi connectivity index (χ1) is 8.25. The van der Waals surface area contributed by atoms with E-state index >= 15 is 0 Å². The zero-order valence-electron chi connectivity index (χ0n) is 10.2. The summed E-state index contributed by atoms with van der Waals surface area (Å²) in [6.45, 7) is 3.12. The van der Waals surface area contributed by atoms with Crippen molar-refractivity contribution in [3.8, 4) is 0 Å². The molecule has 0 aliphatic carbocycles. The quantitative estimate of drug-likeness (QED) is 0.623. The number of nitrogens with one attached hydrogen (secondary N) is 1. The van der Waals surface area contributed by atoms with E-state index < -0.39 is 15.8 Å². The van der Waals surface area contributed by atoms with Gasteiger partial charge in [-0.3, -0.25) is 5.41 Å². The minimum atomic E-state index is -3.85. The summed E-state index contributed by atoms with van der Waals surface area (Å²) in [5.41, 5.74) is 5.24. The molecule has 100 valence electrons. The Kier molecular flexibility index (Phi) is 4.42. The van der Waals surface area contributed by atoms with Gasteiger partial charge in [0.05, 0.1) is 11.4 Å². The third-order valence-electron chi connectivity index (χ3n) is 2.30. The van der Waals surface area contributed by atoms with Crippen LogP contribution in [0.15, 0.2) is 29.2 Å². The van der Waals surface area contributed by atoms with Crippen molar-refractivity contribution < 1.29 is 12.8 Å². The highest BCUT2D eigenvalue weighted by Gasteiger charge is 2.27. The highest BCUT2D eigenvalue weighted by atomic mass is 32.2. The zero-order chi connectivity index (χ0) is 13.9. The van der Waals surface area contributed by atoms with E-state index in [1.807, 2.05) is 0 Å². The summed E-state index contributed by atoms with van der Waals surface area (Å²) in [4.78, 5) is -0.141. The molecule has 0 spiro atoms. The average Bonchev–Trinajstić information content (AvgIpc) is 2.25. The van der Waals surface area contributed by atoms with Gasteiger partial charge in [-0.2, -0.15) is 4.31 Å². The fourth-order valence-electron chi connectivity index (χ4n) is 1.48. The van der Waals surface area contributed by atoms with Gasteiger partial charge in [-0.1, -0.05) is 6.07 Å². The van der Waals surface area contributed by atoms with Crippen molar-refractivity contribution in [2.75, 3.05) is 6.54 Å². The SMILES string of the molecule is CC(C)N(CC(=N)N)S(=O)(=O)c1cccc(F)c1. The molecular formula is C11H16FN3O2S. The summed E-state index contributed by atoms with van der Waals surface area (Å²) >= 11 is 0. The zero-order valence-corrected chi connectivity index (χ0v) is 11.0. The van der Waals surface area contributed by atoms with Crippen LogP contribution in [-0.4, -0.2) is 31.1 Å². The lowest BCUT2D eigenvalue weighted by Gasteiger charge is -2.25. The Morgan fingerprint density at radius 1 is 1.50 bits per heavy atom. The molecule has 0 aliphatic heterocycles. The summed E-state index contributed by atoms with van der Waals surface area (Å²) in [5, 5.41) is 7.20. The number of sulfonamides is 1. The summed E-state index contributed by atoms with van der Waals surface area (Å²) in [6.07, 6.45) is 0. The average molecular weight is 273 g/mol. The number of nitrogens with two attached hydrogens (primary N) is 1. The molecule has 0 saturated heterocycles. The molecule has 1 rings (SSSR count). The van der Waals surface area contributed by atoms with E-state index in [2.05, 4.69) is 0 Å². The van der Waals surface area contributed by atoms with Gasteiger partial charge in [-0.05, 0) is 32.0 Å². The smallest absolute Gasteiger partial charge is 0.243 e. The number of benzene rings is 1. The van der Waals surface area contributed by atoms with Crippen LogP contribution in [-0.2, 0) is 10.0 Å². The molecule has 0 saturated carbocycles. The second kappa shape index (κ2) is 5.45. The van der Waals surface area contributed by atoms with Gasteiger partial charge in [-0.25, -0.2) is 12.8 Å². The van der Waals surface area contributed by atoms with Crippen LogP contribution in [0.1, 0.15) is 13.8 Å². The summed E-state index contributed by atoms with van der Waals surface area (Å²) < 4.78 is 38.7. The minimum Gasteiger partial charge on any atom is -0.387 e. The van der Waals surface area contributed by atoms with E-state index in [1.165, 1.54) is 18.2 Å². The molecule has 18 heavy (non-hydrogen) atoms. The molecule has 3 N–H and O–H groups in total. The van der Waals surface area contributed by atoms with Gasteiger partial charge in [0.2, 0.25) is 10.0 Å². The molecule has 0 heterocycles. The van der Waals surface area contributed by atoms with E-state index in [4.69, 9.17) is 11.1 Å². The van der Waals surface area contributed by atoms with E-state index in [9.17, 15) is 12.8 Å². The Morgan fingerprint density at radius 2 is 2.11 bits per heavy atom. The van der Waals surface area contributed by atoms with Crippen molar-refractivity contribution >= 4 is 15.9 Å². The molecule has 0 unspecified atom stereocenters. The summed E-state index contributed by atoms with van der Waals surface area (Å²) in [7, 11) is -3.85. The van der Waals surface area contributed by atoms with Gasteiger partial charge >= 0.3 is 0 Å². The van der Waals surface area contributed by atoms with Crippen LogP contribution < -0.4 is 5.73 Å². The largest absolute Gasteiger partial charge is 0.387 e. The molecule has 5 nitrogen and oxygen atoms in total. The first kappa shape index (κ1) is 14.6. The lowest BCUT2D eigenvalue weighted by molar-refractivity contribution is 0.389. The van der Waals surface area contributed by atoms with Crippen LogP contribution in [0.25, 0.3) is 0 Å². The standard InChI is InChI=1S/C11H16FN3O2S/c1-8(2)15(7-11(13)14)18(16,17)10-5-3-4-9(12)6-10/h3-6,8H,7H2,1-2H3,(H3,13,14). The number of halogens is 1. The highest BCUT2D eigenvalue weighted by Crippen LogP contribution is 2.18. The third kappa shape index (κ3) is 3.27. The Bertz CT molecular complexity index is 543. The summed E-state index contributed by atoms with van der Waals surface area (Å²) in [6, 6.07) is 4.39. The van der Waals surface area contributed by atoms with E-state index in [0.717, 1.165) is 10.4 Å². The molecule has 0 amide bonds. The van der Waals surface area contributed by atoms with Crippen LogP contribution in [0.3, 0.4) is 0 Å². The van der Waals surface area contributed by atoms with Crippen LogP contribution in [0.4, 0.5) is 4.39 Å². The minimum absolute atomic E-state index is 0.141. The Balaban J connectivity index is 3.21. The normalized spacial score (nSPS) is 12.1. The Hall–Kier alpha value is -1.47. The second-order valence-corrected chi connectivity index (χ2v) is 6.02. The predicted molar refractivity (Wildman–Crippen MR) is 67.3 cm³/mol. The highest BCUT2D eigenvalue weighted by molar-refractivity contribution is 7.89. The maximum atomic E-state index is 13.1. The lowest BCUT2D eigenvalue weighted by atomic mass is 10.3. The number of amidine groups is 1. The van der Waals surface area contributed by atoms with Gasteiger partial charge in [0.1, 0.15) is 11.7 Å². The van der Waals surface area contributed by atoms with E-state index in [-0.39, 0.29) is 23.3 Å². The molecule has 0 bridgehead atoms. The van der Waals surface area contributed by atoms with Crippen molar-refractivity contribution in [1.82, 2.24) is 4.31 Å². The van der Waals surface area contributed by atoms with Crippen molar-refractivity contribution in [3.63, 3.8) is 0 Å². The van der Waals surface area contributed by atoms with Gasteiger partial charge in [0.15, 0.2) is 0 Å². The van der Waals surface area contributed by atoms with Crippen molar-refractivity contribution in [1.29, 1.82) is 5.41 Å². The van der Waals surface area contributed by atoms with Crippen LogP contribution in [0.5, 0.6) is 0 Å². The number of hydrogen-bond acceptors (Lipinski definition) is 3. The van der Waals surface area contributed by atoms with Crippen molar-refractivity contribution in [3.05, 3.63) is 30.1 Å². The second-order valence-electron chi connectivity index (χ2n) is 4.13. The van der Waals surface area contributed by atoms with Gasteiger partial charge < -0.3 is 5.73 Å². The fourth-order valence-corrected chi connectivity index (χ4v) is 3.12. The van der Waals surface area contributed by atoms with Crippen LogP contribution in [0, 0.1) is 11.2 Å². The van der Waals surface area contributed by atoms with Crippen molar-refractivity contribution in [2.24, 2.45) is 5.73 Å². The van der Waals surface area contributed by atoms with Crippen LogP contribution in [0.2, 0.25) is 0 Å². The first-order valence-corrected chi connectivity index (χ1v) is 6.79. The third-order valence-corrected chi connectivity index (χ3v) is 4.32. The molecule has 1 aromatic rings. The lowest BCUT2D eigenvalue weighted by Crippen LogP contribution is -2.42. The molecule has 0 aromatic heterocycles. The monoisotopic (exact) mass is 273 g/mol. The molecule has 0 fully saturated rings. The van der Waals surface area contributed by atoms with Gasteiger partial charge in [-0.15, -0.1) is 0 Å². The van der Waals surface area contributed by atoms with Gasteiger partial charge in [0, 0.05) is 6.04 Å². The molecule has 1 aromatic carbocycles. The molecule has 0 aliphatic rings. The Labute approximate surface area is 106 Å². The predicted octanol–water partition coefficient (Wildman–Crippen LogP) is 1.16. The molecule has 0 radical (unpaired) electrons. The first-order valence-electron chi connectivity index (χ1n) is 5.35. The van der Waals surface area contributed by atoms with E-state index in [0.29, 0.717) is 0 Å². The Morgan fingerprint density at radius 3 is 2.56 bits per heavy atom. The molecular weight excluding hydrogens is 257 g/mol.